The fourth-order valence-electron chi connectivity index (χ4n) is 2.10. The van der Waals surface area contributed by atoms with Crippen molar-refractivity contribution in [3.8, 4) is 0 Å². The number of morpholine rings is 1. The van der Waals surface area contributed by atoms with Crippen LogP contribution in [0.1, 0.15) is 17.1 Å². The van der Waals surface area contributed by atoms with Crippen LogP contribution in [0.4, 0.5) is 0 Å². The van der Waals surface area contributed by atoms with Crippen LogP contribution in [0, 0.1) is 0 Å². The third-order valence-corrected chi connectivity index (χ3v) is 4.16. The molecule has 4 nitrogen and oxygen atoms in total. The van der Waals surface area contributed by atoms with Crippen LogP contribution in [0.25, 0.3) is 0 Å². The topological polar surface area (TPSA) is 37.4 Å². The molecule has 18 heavy (non-hydrogen) atoms. The van der Waals surface area contributed by atoms with Gasteiger partial charge < -0.3 is 10.1 Å². The molecule has 1 aliphatic heterocycles. The summed E-state index contributed by atoms with van der Waals surface area (Å²) < 4.78 is 5.35. The summed E-state index contributed by atoms with van der Waals surface area (Å²) in [6.45, 7) is 6.09. The van der Waals surface area contributed by atoms with E-state index < -0.39 is 0 Å². The third-order valence-electron chi connectivity index (χ3n) is 3.20. The Kier molecular flexibility index (Phi) is 6.07. The summed E-state index contributed by atoms with van der Waals surface area (Å²) in [6, 6.07) is 0. The fourth-order valence-corrected chi connectivity index (χ4v) is 2.93. The van der Waals surface area contributed by atoms with Crippen LogP contribution < -0.4 is 5.32 Å². The molecular weight excluding hydrogens is 246 g/mol. The summed E-state index contributed by atoms with van der Waals surface area (Å²) in [4.78, 5) is 7.16. The van der Waals surface area contributed by atoms with Crippen LogP contribution in [0.15, 0.2) is 5.38 Å². The van der Waals surface area contributed by atoms with Crippen molar-refractivity contribution < 1.29 is 4.74 Å². The first kappa shape index (κ1) is 13.9. The predicted molar refractivity (Wildman–Crippen MR) is 75.3 cm³/mol. The van der Waals surface area contributed by atoms with Crippen molar-refractivity contribution in [2.24, 2.45) is 0 Å². The van der Waals surface area contributed by atoms with Crippen LogP contribution in [0.3, 0.4) is 0 Å². The Morgan fingerprint density at radius 1 is 1.39 bits per heavy atom. The minimum Gasteiger partial charge on any atom is -0.379 e. The molecule has 1 saturated heterocycles. The van der Waals surface area contributed by atoms with Gasteiger partial charge in [-0.2, -0.15) is 0 Å². The van der Waals surface area contributed by atoms with Gasteiger partial charge in [-0.3, -0.25) is 4.90 Å². The molecule has 0 saturated carbocycles. The van der Waals surface area contributed by atoms with E-state index in [2.05, 4.69) is 15.6 Å². The highest BCUT2D eigenvalue weighted by molar-refractivity contribution is 7.09. The molecule has 1 N–H and O–H groups in total. The van der Waals surface area contributed by atoms with Crippen molar-refractivity contribution in [1.82, 2.24) is 15.2 Å². The Morgan fingerprint density at radius 2 is 2.22 bits per heavy atom. The van der Waals surface area contributed by atoms with Gasteiger partial charge in [0.1, 0.15) is 0 Å². The summed E-state index contributed by atoms with van der Waals surface area (Å²) in [5.41, 5.74) is 1.26. The van der Waals surface area contributed by atoms with Gasteiger partial charge in [-0.1, -0.05) is 0 Å². The van der Waals surface area contributed by atoms with Gasteiger partial charge in [0.25, 0.3) is 0 Å². The highest BCUT2D eigenvalue weighted by atomic mass is 32.1. The molecule has 1 fully saturated rings. The molecule has 1 aliphatic rings. The van der Waals surface area contributed by atoms with Gasteiger partial charge >= 0.3 is 0 Å². The second-order valence-corrected chi connectivity index (χ2v) is 5.59. The Morgan fingerprint density at radius 3 is 3.00 bits per heavy atom. The summed E-state index contributed by atoms with van der Waals surface area (Å²) in [5.74, 6) is 0. The summed E-state index contributed by atoms with van der Waals surface area (Å²) in [7, 11) is 1.99. The maximum atomic E-state index is 5.35. The number of aryl methyl sites for hydroxylation is 1. The predicted octanol–water partition coefficient (Wildman–Crippen LogP) is 1.17. The number of nitrogens with one attached hydrogen (secondary N) is 1. The Bertz CT molecular complexity index is 337. The molecule has 0 spiro atoms. The first-order chi connectivity index (χ1) is 8.88. The van der Waals surface area contributed by atoms with Crippen LogP contribution in [0.5, 0.6) is 0 Å². The molecule has 0 atom stereocenters. The molecule has 0 radical (unpaired) electrons. The minimum atomic E-state index is 0.882. The van der Waals surface area contributed by atoms with Crippen molar-refractivity contribution in [3.05, 3.63) is 16.1 Å². The van der Waals surface area contributed by atoms with Crippen LogP contribution >= 0.6 is 11.3 Å². The summed E-state index contributed by atoms with van der Waals surface area (Å²) >= 11 is 1.81. The smallest absolute Gasteiger partial charge is 0.0941 e. The number of hydrogen-bond acceptors (Lipinski definition) is 5. The van der Waals surface area contributed by atoms with E-state index in [-0.39, 0.29) is 0 Å². The minimum absolute atomic E-state index is 0.882. The zero-order valence-electron chi connectivity index (χ0n) is 11.2. The van der Waals surface area contributed by atoms with E-state index in [0.29, 0.717) is 0 Å². The van der Waals surface area contributed by atoms with Crippen LogP contribution in [-0.2, 0) is 17.6 Å². The van der Waals surface area contributed by atoms with Gasteiger partial charge in [0, 0.05) is 31.4 Å². The second-order valence-electron chi connectivity index (χ2n) is 4.64. The Labute approximate surface area is 113 Å². The number of aromatic nitrogens is 1. The van der Waals surface area contributed by atoms with E-state index in [0.717, 1.165) is 52.2 Å². The van der Waals surface area contributed by atoms with Crippen LogP contribution in [0.2, 0.25) is 0 Å². The Hall–Kier alpha value is -0.490. The number of ether oxygens (including phenoxy) is 1. The van der Waals surface area contributed by atoms with Crippen molar-refractivity contribution in [2.75, 3.05) is 46.4 Å². The van der Waals surface area contributed by atoms with E-state index in [4.69, 9.17) is 9.72 Å². The van der Waals surface area contributed by atoms with Gasteiger partial charge in [0.05, 0.1) is 23.9 Å². The molecule has 2 rings (SSSR count). The monoisotopic (exact) mass is 269 g/mol. The molecule has 0 amide bonds. The largest absolute Gasteiger partial charge is 0.379 e. The van der Waals surface area contributed by atoms with E-state index in [9.17, 15) is 0 Å². The lowest BCUT2D eigenvalue weighted by atomic mass is 10.2. The second kappa shape index (κ2) is 7.84. The van der Waals surface area contributed by atoms with Crippen molar-refractivity contribution in [1.29, 1.82) is 0 Å². The molecule has 1 aromatic rings. The quantitative estimate of drug-likeness (QED) is 0.754. The standard InChI is InChI=1S/C13H23N3OS/c1-14-5-2-3-12-11-18-13(15-12)4-6-16-7-9-17-10-8-16/h11,14H,2-10H2,1H3. The molecule has 1 aromatic heterocycles. The number of nitrogens with zero attached hydrogens (tertiary/aromatic N) is 2. The highest BCUT2D eigenvalue weighted by Gasteiger charge is 2.11. The average molecular weight is 269 g/mol. The lowest BCUT2D eigenvalue weighted by molar-refractivity contribution is 0.0384. The molecule has 5 heteroatoms. The lowest BCUT2D eigenvalue weighted by Gasteiger charge is -2.25. The molecular formula is C13H23N3OS. The van der Waals surface area contributed by atoms with Crippen molar-refractivity contribution in [2.45, 2.75) is 19.3 Å². The van der Waals surface area contributed by atoms with Gasteiger partial charge in [0.15, 0.2) is 0 Å². The lowest BCUT2D eigenvalue weighted by Crippen LogP contribution is -2.37. The van der Waals surface area contributed by atoms with Gasteiger partial charge in [-0.25, -0.2) is 4.98 Å². The normalized spacial score (nSPS) is 17.2. The summed E-state index contributed by atoms with van der Waals surface area (Å²) in [5, 5.41) is 6.66. The van der Waals surface area contributed by atoms with Crippen molar-refractivity contribution >= 4 is 11.3 Å². The zero-order valence-corrected chi connectivity index (χ0v) is 12.0. The maximum Gasteiger partial charge on any atom is 0.0941 e. The van der Waals surface area contributed by atoms with Gasteiger partial charge in [0.2, 0.25) is 0 Å². The molecule has 0 bridgehead atoms. The summed E-state index contributed by atoms with van der Waals surface area (Å²) in [6.07, 6.45) is 3.34. The first-order valence-electron chi connectivity index (χ1n) is 6.76. The first-order valence-corrected chi connectivity index (χ1v) is 7.64. The SMILES string of the molecule is CNCCCc1csc(CCN2CCOCC2)n1. The average Bonchev–Trinajstić information content (AvgIpc) is 2.86. The molecule has 2 heterocycles. The van der Waals surface area contributed by atoms with E-state index >= 15 is 0 Å². The maximum absolute atomic E-state index is 5.35. The van der Waals surface area contributed by atoms with E-state index in [1.807, 2.05) is 7.05 Å². The fraction of sp³-hybridized carbons (Fsp3) is 0.769. The van der Waals surface area contributed by atoms with Gasteiger partial charge in [-0.15, -0.1) is 11.3 Å². The highest BCUT2D eigenvalue weighted by Crippen LogP contribution is 2.12. The molecule has 0 unspecified atom stereocenters. The van der Waals surface area contributed by atoms with E-state index in [1.165, 1.54) is 17.1 Å². The van der Waals surface area contributed by atoms with Crippen LogP contribution in [-0.4, -0.2) is 56.3 Å². The molecule has 102 valence electrons. The molecule has 0 aromatic carbocycles. The van der Waals surface area contributed by atoms with Gasteiger partial charge in [-0.05, 0) is 26.4 Å². The number of thiazole rings is 1. The number of hydrogen-bond donors (Lipinski definition) is 1. The zero-order chi connectivity index (χ0) is 12.6. The Balaban J connectivity index is 1.69. The van der Waals surface area contributed by atoms with Crippen molar-refractivity contribution in [3.63, 3.8) is 0 Å². The molecule has 0 aliphatic carbocycles. The third kappa shape index (κ3) is 4.65. The van der Waals surface area contributed by atoms with E-state index in [1.54, 1.807) is 11.3 Å². The number of rotatable bonds is 7.